The molecule has 1 aliphatic rings. The SMILES string of the molecule is COc1ccccc1CN(C[C@@H](Cc1c[nH]c2ccccc12)NC(=O)CN1CCC(c2c[nH]c3ccc(O)cc23)CC1)C(C)=O. The Labute approximate surface area is 263 Å². The molecule has 5 aromatic rings. The van der Waals surface area contributed by atoms with E-state index in [9.17, 15) is 14.7 Å². The molecule has 9 nitrogen and oxygen atoms in total. The molecule has 234 valence electrons. The Morgan fingerprint density at radius 3 is 2.51 bits per heavy atom. The van der Waals surface area contributed by atoms with Gasteiger partial charge in [-0.05, 0) is 79.7 Å². The summed E-state index contributed by atoms with van der Waals surface area (Å²) in [6.45, 7) is 4.25. The Morgan fingerprint density at radius 1 is 0.978 bits per heavy atom. The molecule has 2 aromatic heterocycles. The fourth-order valence-corrected chi connectivity index (χ4v) is 6.68. The maximum atomic E-state index is 13.5. The lowest BCUT2D eigenvalue weighted by Gasteiger charge is -2.32. The number of aromatic amines is 2. The fourth-order valence-electron chi connectivity index (χ4n) is 6.68. The van der Waals surface area contributed by atoms with Crippen LogP contribution in [0, 0.1) is 0 Å². The first-order valence-corrected chi connectivity index (χ1v) is 15.6. The van der Waals surface area contributed by atoms with Crippen LogP contribution in [0.15, 0.2) is 79.1 Å². The van der Waals surface area contributed by atoms with Crippen LogP contribution in [0.25, 0.3) is 21.8 Å². The number of nitrogens with zero attached hydrogens (tertiary/aromatic N) is 2. The van der Waals surface area contributed by atoms with Gasteiger partial charge in [0.05, 0.1) is 19.7 Å². The summed E-state index contributed by atoms with van der Waals surface area (Å²) in [5.74, 6) is 1.26. The molecule has 2 amide bonds. The van der Waals surface area contributed by atoms with E-state index in [4.69, 9.17) is 4.74 Å². The molecule has 45 heavy (non-hydrogen) atoms. The molecule has 9 heteroatoms. The van der Waals surface area contributed by atoms with E-state index in [1.54, 1.807) is 25.0 Å². The van der Waals surface area contributed by atoms with Gasteiger partial charge < -0.3 is 30.0 Å². The molecule has 3 aromatic carbocycles. The van der Waals surface area contributed by atoms with E-state index < -0.39 is 0 Å². The normalized spacial score (nSPS) is 14.9. The number of carbonyl (C=O) groups is 2. The van der Waals surface area contributed by atoms with Crippen LogP contribution in [0.4, 0.5) is 0 Å². The Bertz CT molecular complexity index is 1780. The summed E-state index contributed by atoms with van der Waals surface area (Å²) in [5, 5.41) is 15.5. The van der Waals surface area contributed by atoms with Crippen LogP contribution >= 0.6 is 0 Å². The molecule has 4 N–H and O–H groups in total. The Hall–Kier alpha value is -4.76. The third-order valence-corrected chi connectivity index (χ3v) is 9.04. The lowest BCUT2D eigenvalue weighted by Crippen LogP contribution is -2.49. The minimum Gasteiger partial charge on any atom is -0.508 e. The van der Waals surface area contributed by atoms with Gasteiger partial charge in [0.2, 0.25) is 11.8 Å². The van der Waals surface area contributed by atoms with Crippen molar-refractivity contribution in [2.75, 3.05) is 33.3 Å². The number of rotatable bonds is 11. The summed E-state index contributed by atoms with van der Waals surface area (Å²) >= 11 is 0. The molecule has 1 aliphatic heterocycles. The summed E-state index contributed by atoms with van der Waals surface area (Å²) in [4.78, 5) is 37.1. The molecule has 0 spiro atoms. The van der Waals surface area contributed by atoms with Gasteiger partial charge in [-0.15, -0.1) is 0 Å². The predicted octanol–water partition coefficient (Wildman–Crippen LogP) is 5.32. The van der Waals surface area contributed by atoms with Crippen LogP contribution in [0.5, 0.6) is 11.5 Å². The lowest BCUT2D eigenvalue weighted by molar-refractivity contribution is -0.131. The zero-order valence-corrected chi connectivity index (χ0v) is 25.9. The number of para-hydroxylation sites is 2. The first-order valence-electron chi connectivity index (χ1n) is 15.6. The van der Waals surface area contributed by atoms with E-state index in [0.29, 0.717) is 32.0 Å². The minimum absolute atomic E-state index is 0.0453. The van der Waals surface area contributed by atoms with Gasteiger partial charge in [-0.25, -0.2) is 0 Å². The number of methoxy groups -OCH3 is 1. The monoisotopic (exact) mass is 607 g/mol. The number of phenols is 1. The van der Waals surface area contributed by atoms with Crippen LogP contribution in [0.3, 0.4) is 0 Å². The quantitative estimate of drug-likeness (QED) is 0.162. The number of hydrogen-bond acceptors (Lipinski definition) is 5. The maximum Gasteiger partial charge on any atom is 0.234 e. The number of phenolic OH excluding ortho intramolecular Hbond substituents is 1. The molecule has 0 bridgehead atoms. The number of aromatic nitrogens is 2. The second kappa shape index (κ2) is 13.5. The highest BCUT2D eigenvalue weighted by Crippen LogP contribution is 2.34. The van der Waals surface area contributed by atoms with Crippen molar-refractivity contribution in [3.05, 3.63) is 95.8 Å². The average molecular weight is 608 g/mol. The van der Waals surface area contributed by atoms with Gasteiger partial charge >= 0.3 is 0 Å². The van der Waals surface area contributed by atoms with Crippen molar-refractivity contribution in [1.29, 1.82) is 0 Å². The van der Waals surface area contributed by atoms with Crippen molar-refractivity contribution in [2.45, 2.75) is 44.7 Å². The molecule has 1 saturated heterocycles. The van der Waals surface area contributed by atoms with Crippen molar-refractivity contribution in [1.82, 2.24) is 25.1 Å². The second-order valence-electron chi connectivity index (χ2n) is 12.1. The van der Waals surface area contributed by atoms with E-state index in [0.717, 1.165) is 64.6 Å². The van der Waals surface area contributed by atoms with Crippen LogP contribution in [0.2, 0.25) is 0 Å². The summed E-state index contributed by atoms with van der Waals surface area (Å²) in [7, 11) is 1.63. The Kier molecular flexibility index (Phi) is 9.07. The summed E-state index contributed by atoms with van der Waals surface area (Å²) in [6.07, 6.45) is 6.51. The van der Waals surface area contributed by atoms with E-state index >= 15 is 0 Å². The number of benzene rings is 3. The molecular weight excluding hydrogens is 566 g/mol. The first kappa shape index (κ1) is 30.3. The van der Waals surface area contributed by atoms with Gasteiger partial charge in [0.25, 0.3) is 0 Å². The minimum atomic E-state index is -0.285. The number of likely N-dealkylation sites (tertiary alicyclic amines) is 1. The van der Waals surface area contributed by atoms with Gasteiger partial charge in [0, 0.05) is 59.8 Å². The molecule has 0 unspecified atom stereocenters. The fraction of sp³-hybridized carbons (Fsp3) is 0.333. The van der Waals surface area contributed by atoms with Crippen LogP contribution in [0.1, 0.15) is 42.4 Å². The molecule has 1 fully saturated rings. The highest BCUT2D eigenvalue weighted by molar-refractivity contribution is 5.85. The Morgan fingerprint density at radius 2 is 1.71 bits per heavy atom. The number of H-pyrrole nitrogens is 2. The zero-order chi connectivity index (χ0) is 31.3. The standard InChI is InChI=1S/C36H41N5O4/c1-24(42)41(21-26-7-3-6-10-35(26)45-2)22-28(17-27-19-37-33-9-5-4-8-30(27)33)39-36(44)23-40-15-13-25(14-16-40)32-20-38-34-12-11-29(43)18-31(32)34/h3-12,18-20,25,28,37-38,43H,13-17,21-23H2,1-2H3,(H,39,44)/t28-/m1/s1. The van der Waals surface area contributed by atoms with E-state index in [1.807, 2.05) is 60.8 Å². The predicted molar refractivity (Wildman–Crippen MR) is 176 cm³/mol. The number of carbonyl (C=O) groups excluding carboxylic acids is 2. The van der Waals surface area contributed by atoms with Gasteiger partial charge in [0.1, 0.15) is 11.5 Å². The number of amides is 2. The van der Waals surface area contributed by atoms with Crippen LogP contribution in [-0.2, 0) is 22.6 Å². The van der Waals surface area contributed by atoms with Crippen LogP contribution < -0.4 is 10.1 Å². The summed E-state index contributed by atoms with van der Waals surface area (Å²) in [5.41, 5.74) is 5.31. The molecule has 1 atom stereocenters. The zero-order valence-electron chi connectivity index (χ0n) is 25.9. The molecular formula is C36H41N5O4. The number of aromatic hydroxyl groups is 1. The average Bonchev–Trinajstić information content (AvgIpc) is 3.65. The van der Waals surface area contributed by atoms with E-state index in [-0.39, 0.29) is 23.6 Å². The van der Waals surface area contributed by atoms with Gasteiger partial charge in [-0.1, -0.05) is 36.4 Å². The first-order chi connectivity index (χ1) is 21.9. The smallest absolute Gasteiger partial charge is 0.234 e. The topological polar surface area (TPSA) is 114 Å². The van der Waals surface area contributed by atoms with Crippen LogP contribution in [-0.4, -0.2) is 76.0 Å². The third kappa shape index (κ3) is 6.99. The Balaban J connectivity index is 1.13. The molecule has 0 radical (unpaired) electrons. The highest BCUT2D eigenvalue weighted by Gasteiger charge is 2.26. The summed E-state index contributed by atoms with van der Waals surface area (Å²) < 4.78 is 5.54. The van der Waals surface area contributed by atoms with Crippen molar-refractivity contribution >= 4 is 33.6 Å². The lowest BCUT2D eigenvalue weighted by atomic mass is 9.89. The number of nitrogens with one attached hydrogen (secondary N) is 3. The van der Waals surface area contributed by atoms with E-state index in [2.05, 4.69) is 32.4 Å². The third-order valence-electron chi connectivity index (χ3n) is 9.04. The second-order valence-corrected chi connectivity index (χ2v) is 12.1. The maximum absolute atomic E-state index is 13.5. The molecule has 0 aliphatic carbocycles. The number of piperidine rings is 1. The van der Waals surface area contributed by atoms with E-state index in [1.165, 1.54) is 5.56 Å². The van der Waals surface area contributed by atoms with Gasteiger partial charge in [0.15, 0.2) is 0 Å². The van der Waals surface area contributed by atoms with Crippen molar-refractivity contribution in [3.8, 4) is 11.5 Å². The largest absolute Gasteiger partial charge is 0.508 e. The highest BCUT2D eigenvalue weighted by atomic mass is 16.5. The van der Waals surface area contributed by atoms with Crippen molar-refractivity contribution < 1.29 is 19.4 Å². The number of hydrogen-bond donors (Lipinski definition) is 4. The molecule has 3 heterocycles. The van der Waals surface area contributed by atoms with Gasteiger partial charge in [-0.3, -0.25) is 14.5 Å². The summed E-state index contributed by atoms with van der Waals surface area (Å²) in [6, 6.07) is 21.0. The van der Waals surface area contributed by atoms with Gasteiger partial charge in [-0.2, -0.15) is 0 Å². The molecule has 6 rings (SSSR count). The van der Waals surface area contributed by atoms with Crippen molar-refractivity contribution in [2.24, 2.45) is 0 Å². The number of ether oxygens (including phenoxy) is 1. The molecule has 0 saturated carbocycles. The number of fused-ring (bicyclic) bond motifs is 2. The van der Waals surface area contributed by atoms with Crippen molar-refractivity contribution in [3.63, 3.8) is 0 Å².